The van der Waals surface area contributed by atoms with E-state index in [1.54, 1.807) is 37.1 Å². The Morgan fingerprint density at radius 3 is 2.27 bits per heavy atom. The molecule has 0 saturated carbocycles. The van der Waals surface area contributed by atoms with E-state index in [0.29, 0.717) is 34.6 Å². The van der Waals surface area contributed by atoms with Gasteiger partial charge in [-0.1, -0.05) is 52.1 Å². The Bertz CT molecular complexity index is 1470. The number of benzene rings is 1. The molecule has 220 valence electrons. The SMILES string of the molecule is C=C(F)C(=CC(C1=C(CC)NC(C)(C)C(=NC)N1C(=C)C)C(F)F)c1cccc2c1ccn2S(=O)(=O)CC.CC. The highest BCUT2D eigenvalue weighted by molar-refractivity contribution is 7.90. The van der Waals surface area contributed by atoms with E-state index in [2.05, 4.69) is 23.5 Å². The van der Waals surface area contributed by atoms with Crippen LogP contribution < -0.4 is 5.32 Å². The van der Waals surface area contributed by atoms with Gasteiger partial charge >= 0.3 is 0 Å². The molecular weight excluding hydrogens is 537 g/mol. The third-order valence-electron chi connectivity index (χ3n) is 6.61. The van der Waals surface area contributed by atoms with Crippen molar-refractivity contribution in [3.63, 3.8) is 0 Å². The van der Waals surface area contributed by atoms with Crippen LogP contribution >= 0.6 is 0 Å². The fraction of sp³-hybridized carbons (Fsp3) is 0.433. The molecule has 10 heteroatoms. The predicted molar refractivity (Wildman–Crippen MR) is 160 cm³/mol. The summed E-state index contributed by atoms with van der Waals surface area (Å²) in [6, 6.07) is 6.26. The van der Waals surface area contributed by atoms with Gasteiger partial charge in [0, 0.05) is 35.6 Å². The van der Waals surface area contributed by atoms with Crippen molar-refractivity contribution >= 4 is 32.3 Å². The lowest BCUT2D eigenvalue weighted by Crippen LogP contribution is -2.58. The van der Waals surface area contributed by atoms with E-state index < -0.39 is 33.7 Å². The highest BCUT2D eigenvalue weighted by atomic mass is 32.2. The number of aromatic nitrogens is 1. The van der Waals surface area contributed by atoms with Crippen LogP contribution in [0.5, 0.6) is 0 Å². The zero-order valence-corrected chi connectivity index (χ0v) is 25.5. The van der Waals surface area contributed by atoms with E-state index in [-0.39, 0.29) is 22.6 Å². The zero-order chi connectivity index (χ0) is 30.6. The molecule has 0 amide bonds. The lowest BCUT2D eigenvalue weighted by Gasteiger charge is -2.46. The summed E-state index contributed by atoms with van der Waals surface area (Å²) in [4.78, 5) is 6.00. The quantitative estimate of drug-likeness (QED) is 0.313. The molecule has 1 aromatic carbocycles. The number of alkyl halides is 2. The molecular formula is C30H41F3N4O2S. The molecule has 2 aromatic rings. The fourth-order valence-electron chi connectivity index (χ4n) is 4.95. The second kappa shape index (κ2) is 12.9. The first-order chi connectivity index (χ1) is 18.7. The number of rotatable bonds is 9. The van der Waals surface area contributed by atoms with Gasteiger partial charge in [-0.2, -0.15) is 0 Å². The van der Waals surface area contributed by atoms with Crippen LogP contribution in [0.1, 0.15) is 60.5 Å². The minimum atomic E-state index is -3.63. The van der Waals surface area contributed by atoms with Crippen LogP contribution in [0.2, 0.25) is 0 Å². The monoisotopic (exact) mass is 578 g/mol. The third kappa shape index (κ3) is 6.22. The van der Waals surface area contributed by atoms with Crippen LogP contribution in [-0.2, 0) is 10.0 Å². The Morgan fingerprint density at radius 2 is 1.80 bits per heavy atom. The molecule has 0 saturated heterocycles. The van der Waals surface area contributed by atoms with Crippen molar-refractivity contribution in [1.82, 2.24) is 14.2 Å². The number of hydrogen-bond acceptors (Lipinski definition) is 4. The van der Waals surface area contributed by atoms with Crippen molar-refractivity contribution in [1.29, 1.82) is 0 Å². The molecule has 1 aromatic heterocycles. The average molecular weight is 579 g/mol. The van der Waals surface area contributed by atoms with Crippen LogP contribution in [0.3, 0.4) is 0 Å². The maximum absolute atomic E-state index is 15.1. The lowest BCUT2D eigenvalue weighted by atomic mass is 9.89. The molecule has 1 N–H and O–H groups in total. The van der Waals surface area contributed by atoms with Gasteiger partial charge in [-0.05, 0) is 51.8 Å². The highest BCUT2D eigenvalue weighted by Crippen LogP contribution is 2.40. The van der Waals surface area contributed by atoms with Gasteiger partial charge in [-0.15, -0.1) is 0 Å². The van der Waals surface area contributed by atoms with Crippen LogP contribution in [0.25, 0.3) is 16.5 Å². The number of fused-ring (bicyclic) bond motifs is 1. The molecule has 0 bridgehead atoms. The van der Waals surface area contributed by atoms with Gasteiger partial charge in [0.05, 0.1) is 28.4 Å². The van der Waals surface area contributed by atoms with Crippen LogP contribution in [0.4, 0.5) is 13.2 Å². The zero-order valence-electron chi connectivity index (χ0n) is 24.6. The van der Waals surface area contributed by atoms with Crippen molar-refractivity contribution in [3.05, 3.63) is 78.2 Å². The third-order valence-corrected chi connectivity index (χ3v) is 8.26. The number of nitrogens with one attached hydrogen (secondary N) is 1. The Kier molecular flexibility index (Phi) is 10.6. The number of halogens is 3. The molecule has 1 aliphatic heterocycles. The molecule has 1 atom stereocenters. The molecule has 40 heavy (non-hydrogen) atoms. The molecule has 3 rings (SSSR count). The lowest BCUT2D eigenvalue weighted by molar-refractivity contribution is 0.105. The van der Waals surface area contributed by atoms with E-state index >= 15 is 4.39 Å². The first-order valence-electron chi connectivity index (χ1n) is 13.3. The summed E-state index contributed by atoms with van der Waals surface area (Å²) in [6.45, 7) is 20.3. The summed E-state index contributed by atoms with van der Waals surface area (Å²) >= 11 is 0. The Hall–Kier alpha value is -3.27. The Balaban J connectivity index is 0.00000274. The second-order valence-corrected chi connectivity index (χ2v) is 11.8. The Morgan fingerprint density at radius 1 is 1.18 bits per heavy atom. The summed E-state index contributed by atoms with van der Waals surface area (Å²) < 4.78 is 71.1. The highest BCUT2D eigenvalue weighted by Gasteiger charge is 2.42. The summed E-state index contributed by atoms with van der Waals surface area (Å²) in [6.07, 6.45) is 0.0545. The molecule has 1 aliphatic rings. The molecule has 1 unspecified atom stereocenters. The van der Waals surface area contributed by atoms with Crippen molar-refractivity contribution in [2.24, 2.45) is 10.9 Å². The van der Waals surface area contributed by atoms with Gasteiger partial charge in [0.15, 0.2) is 0 Å². The first kappa shape index (κ1) is 32.9. The molecule has 0 spiro atoms. The minimum Gasteiger partial charge on any atom is -0.375 e. The average Bonchev–Trinajstić information content (AvgIpc) is 3.35. The summed E-state index contributed by atoms with van der Waals surface area (Å²) in [5.41, 5.74) is 1.07. The fourth-order valence-corrected chi connectivity index (χ4v) is 5.93. The summed E-state index contributed by atoms with van der Waals surface area (Å²) in [7, 11) is -2.05. The smallest absolute Gasteiger partial charge is 0.250 e. The van der Waals surface area contributed by atoms with Gasteiger partial charge in [0.2, 0.25) is 16.4 Å². The number of hydrogen-bond donors (Lipinski definition) is 1. The predicted octanol–water partition coefficient (Wildman–Crippen LogP) is 7.48. The molecule has 0 aliphatic carbocycles. The minimum absolute atomic E-state index is 0.137. The largest absolute Gasteiger partial charge is 0.375 e. The number of allylic oxidation sites excluding steroid dienone is 5. The van der Waals surface area contributed by atoms with Crippen LogP contribution in [0, 0.1) is 5.92 Å². The van der Waals surface area contributed by atoms with Crippen molar-refractivity contribution in [2.75, 3.05) is 12.8 Å². The maximum Gasteiger partial charge on any atom is 0.250 e. The van der Waals surface area contributed by atoms with E-state index in [1.807, 2.05) is 34.6 Å². The van der Waals surface area contributed by atoms with Gasteiger partial charge in [0.1, 0.15) is 11.7 Å². The van der Waals surface area contributed by atoms with Gasteiger partial charge in [-0.25, -0.2) is 25.6 Å². The van der Waals surface area contributed by atoms with E-state index in [1.165, 1.54) is 25.3 Å². The van der Waals surface area contributed by atoms with Gasteiger partial charge in [0.25, 0.3) is 0 Å². The van der Waals surface area contributed by atoms with Crippen molar-refractivity contribution < 1.29 is 21.6 Å². The van der Waals surface area contributed by atoms with Crippen molar-refractivity contribution in [3.8, 4) is 0 Å². The Labute approximate surface area is 236 Å². The van der Waals surface area contributed by atoms with Crippen LogP contribution in [-0.4, -0.2) is 47.9 Å². The van der Waals surface area contributed by atoms with Gasteiger partial charge < -0.3 is 10.2 Å². The normalized spacial score (nSPS) is 17.6. The van der Waals surface area contributed by atoms with Crippen LogP contribution in [0.15, 0.2) is 77.6 Å². The molecule has 2 heterocycles. The number of nitrogens with zero attached hydrogens (tertiary/aromatic N) is 3. The van der Waals surface area contributed by atoms with E-state index in [9.17, 15) is 17.2 Å². The topological polar surface area (TPSA) is 66.7 Å². The molecule has 0 fully saturated rings. The maximum atomic E-state index is 15.1. The number of amidine groups is 1. The van der Waals surface area contributed by atoms with Gasteiger partial charge in [-0.3, -0.25) is 4.99 Å². The standard InChI is InChI=1S/C28H35F3N4O2S.C2H6/c1-9-23-25(35(17(3)4)27(32-8)28(6,7)33-23)22(26(30)31)16-21(18(5)29)19-12-11-13-24-20(19)14-15-34(24)38(36,37)10-2;1-2/h11-16,22,26,33H,3,5,9-10H2,1-2,4,6-8H3;1-2H3. The second-order valence-electron chi connectivity index (χ2n) is 9.68. The van der Waals surface area contributed by atoms with E-state index in [0.717, 1.165) is 3.97 Å². The first-order valence-corrected chi connectivity index (χ1v) is 14.9. The molecule has 0 radical (unpaired) electrons. The van der Waals surface area contributed by atoms with Crippen molar-refractivity contribution in [2.45, 2.75) is 66.9 Å². The number of aliphatic imine (C=N–C) groups is 1. The van der Waals surface area contributed by atoms with E-state index in [4.69, 9.17) is 0 Å². The summed E-state index contributed by atoms with van der Waals surface area (Å²) in [5.74, 6) is -2.10. The molecule has 6 nitrogen and oxygen atoms in total. The summed E-state index contributed by atoms with van der Waals surface area (Å²) in [5, 5.41) is 3.73.